The average Bonchev–Trinajstić information content (AvgIpc) is 2.22. The molecular weight excluding hydrogens is 220 g/mol. The topological polar surface area (TPSA) is 17.1 Å². The maximum Gasteiger partial charge on any atom is 0.164 e. The maximum absolute atomic E-state index is 12.0. The maximum atomic E-state index is 12.0. The van der Waals surface area contributed by atoms with E-state index in [9.17, 15) is 4.79 Å². The predicted octanol–water partition coefficient (Wildman–Crippen LogP) is 4.66. The molecule has 0 aliphatic carbocycles. The number of hydrogen-bond acceptors (Lipinski definition) is 1. The van der Waals surface area contributed by atoms with E-state index in [2.05, 4.69) is 13.8 Å². The molecule has 0 N–H and O–H groups in total. The SMILES string of the molecule is CCCC(C)CC(=O)c1cccc(C)c1Cl. The second-order valence-electron chi connectivity index (χ2n) is 4.46. The number of ketones is 1. The van der Waals surface area contributed by atoms with Gasteiger partial charge in [0.1, 0.15) is 0 Å². The molecule has 0 saturated heterocycles. The van der Waals surface area contributed by atoms with E-state index in [0.29, 0.717) is 22.9 Å². The molecule has 0 radical (unpaired) electrons. The number of benzene rings is 1. The van der Waals surface area contributed by atoms with E-state index in [1.54, 1.807) is 0 Å². The van der Waals surface area contributed by atoms with E-state index in [1.807, 2.05) is 25.1 Å². The highest BCUT2D eigenvalue weighted by atomic mass is 35.5. The minimum atomic E-state index is 0.162. The van der Waals surface area contributed by atoms with Gasteiger partial charge in [0, 0.05) is 12.0 Å². The molecule has 16 heavy (non-hydrogen) atoms. The summed E-state index contributed by atoms with van der Waals surface area (Å²) in [4.78, 5) is 12.0. The van der Waals surface area contributed by atoms with Crippen LogP contribution in [0.25, 0.3) is 0 Å². The molecule has 1 aromatic carbocycles. The monoisotopic (exact) mass is 238 g/mol. The van der Waals surface area contributed by atoms with E-state index in [4.69, 9.17) is 11.6 Å². The van der Waals surface area contributed by atoms with Gasteiger partial charge >= 0.3 is 0 Å². The van der Waals surface area contributed by atoms with Crippen LogP contribution in [0.4, 0.5) is 0 Å². The van der Waals surface area contributed by atoms with E-state index in [1.165, 1.54) is 0 Å². The standard InChI is InChI=1S/C14H19ClO/c1-4-6-10(2)9-13(16)12-8-5-7-11(3)14(12)15/h5,7-8,10H,4,6,9H2,1-3H3. The fourth-order valence-corrected chi connectivity index (χ4v) is 2.12. The highest BCUT2D eigenvalue weighted by Crippen LogP contribution is 2.23. The first kappa shape index (κ1) is 13.2. The van der Waals surface area contributed by atoms with Gasteiger partial charge in [-0.15, -0.1) is 0 Å². The molecule has 0 aliphatic heterocycles. The normalized spacial score (nSPS) is 12.5. The fraction of sp³-hybridized carbons (Fsp3) is 0.500. The van der Waals surface area contributed by atoms with Crippen molar-refractivity contribution in [1.82, 2.24) is 0 Å². The first-order valence-electron chi connectivity index (χ1n) is 5.84. The van der Waals surface area contributed by atoms with Gasteiger partial charge in [0.2, 0.25) is 0 Å². The number of Topliss-reactive ketones (excluding diaryl/α,β-unsaturated/α-hetero) is 1. The van der Waals surface area contributed by atoms with Crippen LogP contribution in [0.2, 0.25) is 5.02 Å². The molecule has 0 spiro atoms. The van der Waals surface area contributed by atoms with Gasteiger partial charge in [-0.1, -0.05) is 50.4 Å². The van der Waals surface area contributed by atoms with Gasteiger partial charge in [0.05, 0.1) is 5.02 Å². The van der Waals surface area contributed by atoms with Crippen LogP contribution in [0.1, 0.15) is 49.0 Å². The number of aryl methyl sites for hydroxylation is 1. The number of rotatable bonds is 5. The lowest BCUT2D eigenvalue weighted by Crippen LogP contribution is -2.07. The molecule has 1 nitrogen and oxygen atoms in total. The van der Waals surface area contributed by atoms with Gasteiger partial charge in [-0.3, -0.25) is 4.79 Å². The van der Waals surface area contributed by atoms with Crippen molar-refractivity contribution >= 4 is 17.4 Å². The Labute approximate surface area is 103 Å². The van der Waals surface area contributed by atoms with Crippen molar-refractivity contribution in [3.05, 3.63) is 34.3 Å². The Morgan fingerprint density at radius 2 is 2.12 bits per heavy atom. The van der Waals surface area contributed by atoms with Gasteiger partial charge in [-0.2, -0.15) is 0 Å². The average molecular weight is 239 g/mol. The summed E-state index contributed by atoms with van der Waals surface area (Å²) in [6.07, 6.45) is 2.81. The third kappa shape index (κ3) is 3.34. The van der Waals surface area contributed by atoms with Gasteiger partial charge in [-0.25, -0.2) is 0 Å². The zero-order valence-electron chi connectivity index (χ0n) is 10.2. The van der Waals surface area contributed by atoms with E-state index >= 15 is 0 Å². The molecule has 1 unspecified atom stereocenters. The van der Waals surface area contributed by atoms with Crippen molar-refractivity contribution in [2.24, 2.45) is 5.92 Å². The lowest BCUT2D eigenvalue weighted by molar-refractivity contribution is 0.0962. The molecule has 0 amide bonds. The zero-order valence-corrected chi connectivity index (χ0v) is 11.0. The molecule has 1 aromatic rings. The van der Waals surface area contributed by atoms with Crippen LogP contribution < -0.4 is 0 Å². The molecule has 0 fully saturated rings. The number of carbonyl (C=O) groups is 1. The van der Waals surface area contributed by atoms with Gasteiger partial charge in [-0.05, 0) is 24.5 Å². The van der Waals surface area contributed by atoms with Crippen LogP contribution in [0, 0.1) is 12.8 Å². The lowest BCUT2D eigenvalue weighted by Gasteiger charge is -2.10. The lowest BCUT2D eigenvalue weighted by atomic mass is 9.95. The fourth-order valence-electron chi connectivity index (χ4n) is 1.88. The van der Waals surface area contributed by atoms with Crippen molar-refractivity contribution in [2.45, 2.75) is 40.0 Å². The molecule has 0 aliphatic rings. The number of hydrogen-bond donors (Lipinski definition) is 0. The Morgan fingerprint density at radius 1 is 1.44 bits per heavy atom. The molecule has 88 valence electrons. The summed E-state index contributed by atoms with van der Waals surface area (Å²) in [5, 5.41) is 0.608. The molecule has 1 rings (SSSR count). The van der Waals surface area contributed by atoms with Crippen molar-refractivity contribution < 1.29 is 4.79 Å². The summed E-state index contributed by atoms with van der Waals surface area (Å²) < 4.78 is 0. The Hall–Kier alpha value is -0.820. The second kappa shape index (κ2) is 6.05. The smallest absolute Gasteiger partial charge is 0.164 e. The molecule has 0 bridgehead atoms. The van der Waals surface area contributed by atoms with Gasteiger partial charge < -0.3 is 0 Å². The predicted molar refractivity (Wildman–Crippen MR) is 69.2 cm³/mol. The van der Waals surface area contributed by atoms with Crippen LogP contribution in [0.3, 0.4) is 0 Å². The minimum absolute atomic E-state index is 0.162. The first-order chi connectivity index (χ1) is 7.56. The zero-order chi connectivity index (χ0) is 12.1. The minimum Gasteiger partial charge on any atom is -0.294 e. The third-order valence-corrected chi connectivity index (χ3v) is 3.31. The van der Waals surface area contributed by atoms with E-state index in [0.717, 1.165) is 18.4 Å². The van der Waals surface area contributed by atoms with Crippen LogP contribution in [0.15, 0.2) is 18.2 Å². The van der Waals surface area contributed by atoms with E-state index in [-0.39, 0.29) is 5.78 Å². The highest BCUT2D eigenvalue weighted by molar-refractivity contribution is 6.34. The van der Waals surface area contributed by atoms with Crippen molar-refractivity contribution in [3.8, 4) is 0 Å². The third-order valence-electron chi connectivity index (χ3n) is 2.81. The largest absolute Gasteiger partial charge is 0.294 e. The number of halogens is 1. The summed E-state index contributed by atoms with van der Waals surface area (Å²) in [7, 11) is 0. The molecule has 0 heterocycles. The quantitative estimate of drug-likeness (QED) is 0.682. The molecule has 1 atom stereocenters. The summed E-state index contributed by atoms with van der Waals surface area (Å²) in [5.41, 5.74) is 1.64. The summed E-state index contributed by atoms with van der Waals surface area (Å²) in [5.74, 6) is 0.601. The first-order valence-corrected chi connectivity index (χ1v) is 6.22. The van der Waals surface area contributed by atoms with Crippen molar-refractivity contribution in [2.75, 3.05) is 0 Å². The Bertz CT molecular complexity index is 371. The van der Waals surface area contributed by atoms with Gasteiger partial charge in [0.15, 0.2) is 5.78 Å². The molecule has 0 saturated carbocycles. The Morgan fingerprint density at radius 3 is 2.75 bits per heavy atom. The van der Waals surface area contributed by atoms with Crippen LogP contribution >= 0.6 is 11.6 Å². The van der Waals surface area contributed by atoms with Crippen LogP contribution in [0.5, 0.6) is 0 Å². The summed E-state index contributed by atoms with van der Waals surface area (Å²) in [6.45, 7) is 6.18. The van der Waals surface area contributed by atoms with Crippen LogP contribution in [-0.4, -0.2) is 5.78 Å². The summed E-state index contributed by atoms with van der Waals surface area (Å²) in [6, 6.07) is 5.63. The van der Waals surface area contributed by atoms with Gasteiger partial charge in [0.25, 0.3) is 0 Å². The summed E-state index contributed by atoms with van der Waals surface area (Å²) >= 11 is 6.13. The van der Waals surface area contributed by atoms with Crippen molar-refractivity contribution in [3.63, 3.8) is 0 Å². The molecule has 0 aromatic heterocycles. The second-order valence-corrected chi connectivity index (χ2v) is 4.84. The molecule has 2 heteroatoms. The molecular formula is C14H19ClO. The Kier molecular flexibility index (Phi) is 5.01. The highest BCUT2D eigenvalue weighted by Gasteiger charge is 2.14. The van der Waals surface area contributed by atoms with E-state index < -0.39 is 0 Å². The number of carbonyl (C=O) groups excluding carboxylic acids is 1. The van der Waals surface area contributed by atoms with Crippen molar-refractivity contribution in [1.29, 1.82) is 0 Å². The van der Waals surface area contributed by atoms with Crippen LogP contribution in [-0.2, 0) is 0 Å². The Balaban J connectivity index is 2.77.